The highest BCUT2D eigenvalue weighted by Crippen LogP contribution is 2.45. The van der Waals surface area contributed by atoms with Gasteiger partial charge >= 0.3 is 39.5 Å². The minimum atomic E-state index is -4.98. The number of aliphatic hydroxyl groups excluding tert-OH is 1. The van der Waals surface area contributed by atoms with Crippen molar-refractivity contribution in [1.29, 1.82) is 0 Å². The summed E-state index contributed by atoms with van der Waals surface area (Å²) in [6.45, 7) is 4.67. The zero-order chi connectivity index (χ0) is 70.4. The van der Waals surface area contributed by atoms with E-state index < -0.39 is 97.5 Å². The molecule has 17 nitrogen and oxygen atoms in total. The Morgan fingerprint density at radius 2 is 0.552 bits per heavy atom. The van der Waals surface area contributed by atoms with E-state index in [2.05, 4.69) is 113 Å². The van der Waals surface area contributed by atoms with Crippen molar-refractivity contribution in [2.75, 3.05) is 39.6 Å². The van der Waals surface area contributed by atoms with Gasteiger partial charge in [-0.25, -0.2) is 9.13 Å². The molecule has 0 radical (unpaired) electrons. The molecule has 3 N–H and O–H groups in total. The maximum atomic E-state index is 13.1. The number of hydrogen-bond acceptors (Lipinski definition) is 15. The van der Waals surface area contributed by atoms with Crippen LogP contribution in [0.3, 0.4) is 0 Å². The first-order valence-corrected chi connectivity index (χ1v) is 40.8. The highest BCUT2D eigenvalue weighted by atomic mass is 31.2. The molecule has 0 bridgehead atoms. The van der Waals surface area contributed by atoms with Crippen LogP contribution in [0.25, 0.3) is 0 Å². The molecule has 0 spiro atoms. The van der Waals surface area contributed by atoms with Crippen molar-refractivity contribution in [2.45, 2.75) is 341 Å². The quantitative estimate of drug-likeness (QED) is 0.0169. The fourth-order valence-electron chi connectivity index (χ4n) is 10.0. The maximum absolute atomic E-state index is 13.1. The summed E-state index contributed by atoms with van der Waals surface area (Å²) in [6.07, 6.45) is 70.1. The van der Waals surface area contributed by atoms with Crippen molar-refractivity contribution in [1.82, 2.24) is 0 Å². The van der Waals surface area contributed by atoms with Crippen molar-refractivity contribution < 1.29 is 80.2 Å². The van der Waals surface area contributed by atoms with Crippen LogP contribution >= 0.6 is 15.6 Å². The highest BCUT2D eigenvalue weighted by molar-refractivity contribution is 7.47. The Kier molecular flexibility index (Phi) is 67.0. The number of carbonyl (C=O) groups is 4. The van der Waals surface area contributed by atoms with Crippen LogP contribution in [-0.4, -0.2) is 96.7 Å². The molecular weight excluding hydrogens is 1260 g/mol. The lowest BCUT2D eigenvalue weighted by Gasteiger charge is -2.21. The zero-order valence-corrected chi connectivity index (χ0v) is 62.3. The number of allylic oxidation sites excluding steroid dienone is 14. The molecule has 0 aliphatic rings. The molecule has 0 saturated carbocycles. The molecule has 0 aliphatic carbocycles. The predicted molar refractivity (Wildman–Crippen MR) is 390 cm³/mol. The Labute approximate surface area is 583 Å². The molecule has 0 rings (SSSR count). The number of rotatable bonds is 71. The molecule has 556 valence electrons. The van der Waals surface area contributed by atoms with Crippen molar-refractivity contribution in [3.05, 3.63) is 85.1 Å². The summed E-state index contributed by atoms with van der Waals surface area (Å²) < 4.78 is 68.4. The van der Waals surface area contributed by atoms with Crippen LogP contribution in [0.15, 0.2) is 85.1 Å². The Hall–Kier alpha value is -3.76. The van der Waals surface area contributed by atoms with E-state index in [0.29, 0.717) is 25.7 Å². The Bertz CT molecular complexity index is 2160. The average molecular weight is 1400 g/mol. The monoisotopic (exact) mass is 1390 g/mol. The summed E-state index contributed by atoms with van der Waals surface area (Å²) in [4.78, 5) is 72.7. The Morgan fingerprint density at radius 3 is 0.896 bits per heavy atom. The summed E-state index contributed by atoms with van der Waals surface area (Å²) >= 11 is 0. The lowest BCUT2D eigenvalue weighted by Crippen LogP contribution is -2.30. The Morgan fingerprint density at radius 1 is 0.302 bits per heavy atom. The second-order valence-corrected chi connectivity index (χ2v) is 28.1. The fraction of sp³-hybridized carbons (Fsp3) is 0.766. The van der Waals surface area contributed by atoms with E-state index in [1.165, 1.54) is 70.6 Å². The van der Waals surface area contributed by atoms with Gasteiger partial charge in [0.15, 0.2) is 12.2 Å². The molecule has 0 fully saturated rings. The number of carbonyl (C=O) groups excluding carboxylic acids is 4. The molecule has 96 heavy (non-hydrogen) atoms. The lowest BCUT2D eigenvalue weighted by atomic mass is 10.1. The number of ether oxygens (including phenoxy) is 4. The molecule has 0 aromatic carbocycles. The van der Waals surface area contributed by atoms with E-state index in [4.69, 9.17) is 37.0 Å². The van der Waals surface area contributed by atoms with Gasteiger partial charge in [0.2, 0.25) is 0 Å². The molecule has 5 unspecified atom stereocenters. The molecule has 19 heteroatoms. The van der Waals surface area contributed by atoms with Crippen molar-refractivity contribution in [3.63, 3.8) is 0 Å². The van der Waals surface area contributed by atoms with E-state index >= 15 is 0 Å². The largest absolute Gasteiger partial charge is 0.472 e. The molecule has 0 saturated heterocycles. The van der Waals surface area contributed by atoms with E-state index in [0.717, 1.165) is 173 Å². The first-order chi connectivity index (χ1) is 46.7. The van der Waals surface area contributed by atoms with Crippen LogP contribution in [0, 0.1) is 0 Å². The number of aliphatic hydroxyl groups is 1. The molecule has 0 aliphatic heterocycles. The highest BCUT2D eigenvalue weighted by Gasteiger charge is 2.30. The first kappa shape index (κ1) is 92.2. The number of phosphoric acid groups is 2. The van der Waals surface area contributed by atoms with Gasteiger partial charge in [-0.15, -0.1) is 0 Å². The van der Waals surface area contributed by atoms with Gasteiger partial charge in [0.25, 0.3) is 0 Å². The van der Waals surface area contributed by atoms with Gasteiger partial charge in [-0.1, -0.05) is 267 Å². The van der Waals surface area contributed by atoms with E-state index in [9.17, 15) is 43.2 Å². The number of unbranched alkanes of at least 4 members (excludes halogenated alkanes) is 31. The van der Waals surface area contributed by atoms with Crippen molar-refractivity contribution >= 4 is 39.5 Å². The molecule has 0 heterocycles. The molecule has 5 atom stereocenters. The molecular formula is C77H136O17P2. The second-order valence-electron chi connectivity index (χ2n) is 25.2. The Balaban J connectivity index is 5.32. The van der Waals surface area contributed by atoms with Crippen molar-refractivity contribution in [2.24, 2.45) is 0 Å². The standard InChI is InChI=1S/C77H136O17P2/c1-5-9-13-17-21-25-29-31-33-34-35-36-38-39-43-46-50-54-58-62-75(80)88-68-73(94-77(82)64-60-56-52-48-44-40-37-32-30-26-22-18-14-10-6-2)70-92-96(85,86)90-66-71(78)65-89-95(83,84)91-69-72(93-76(81)63-59-55-51-47-42-28-24-20-16-12-8-4)67-87-74(79)61-57-53-49-45-41-27-23-19-15-11-7-3/h10,14,19,21-23,25-26,31-33,35-37,71-73,78H,5-9,11-13,15-18,20,24,27-30,34,38-70H2,1-4H3,(H,83,84)(H,85,86)/b14-10-,23-19-,25-21-,26-22-,33-31-,36-35-,37-32-. The SMILES string of the molecule is CC/C=C\C/C=C\C/C=C\CCCCCCCC(=O)OC(COC(=O)CCCCCCCC/C=C\C/C=C\C/C=C\CCCCC)COP(=O)(O)OCC(O)COP(=O)(O)OCC(COC(=O)CCCCCCC/C=C\CCCC)OC(=O)CCCCCCCCCCCCC. The summed E-state index contributed by atoms with van der Waals surface area (Å²) in [5.74, 6) is -2.20. The summed E-state index contributed by atoms with van der Waals surface area (Å²) in [6, 6.07) is 0. The normalized spacial score (nSPS) is 14.4. The van der Waals surface area contributed by atoms with E-state index in [1.54, 1.807) is 0 Å². The van der Waals surface area contributed by atoms with Gasteiger partial charge in [-0.05, 0) is 116 Å². The van der Waals surface area contributed by atoms with Crippen LogP contribution in [-0.2, 0) is 65.4 Å². The second kappa shape index (κ2) is 69.7. The molecule has 0 amide bonds. The third kappa shape index (κ3) is 68.8. The molecule has 0 aromatic heterocycles. The lowest BCUT2D eigenvalue weighted by molar-refractivity contribution is -0.161. The van der Waals surface area contributed by atoms with Gasteiger partial charge in [0, 0.05) is 25.7 Å². The van der Waals surface area contributed by atoms with Crippen LogP contribution in [0.4, 0.5) is 0 Å². The zero-order valence-electron chi connectivity index (χ0n) is 60.5. The van der Waals surface area contributed by atoms with Gasteiger partial charge in [-0.2, -0.15) is 0 Å². The minimum Gasteiger partial charge on any atom is -0.462 e. The maximum Gasteiger partial charge on any atom is 0.472 e. The third-order valence-electron chi connectivity index (χ3n) is 15.8. The number of hydrogen-bond donors (Lipinski definition) is 3. The van der Waals surface area contributed by atoms with Crippen LogP contribution < -0.4 is 0 Å². The van der Waals surface area contributed by atoms with Crippen LogP contribution in [0.2, 0.25) is 0 Å². The van der Waals surface area contributed by atoms with Crippen LogP contribution in [0.1, 0.15) is 323 Å². The summed E-state index contributed by atoms with van der Waals surface area (Å²) in [5, 5.41) is 10.6. The van der Waals surface area contributed by atoms with Gasteiger partial charge in [0.05, 0.1) is 26.4 Å². The summed E-state index contributed by atoms with van der Waals surface area (Å²) in [5.41, 5.74) is 0. The van der Waals surface area contributed by atoms with Gasteiger partial charge in [0.1, 0.15) is 19.3 Å². The average Bonchev–Trinajstić information content (AvgIpc) is 1.16. The van der Waals surface area contributed by atoms with E-state index in [1.807, 2.05) is 0 Å². The van der Waals surface area contributed by atoms with Gasteiger partial charge < -0.3 is 33.8 Å². The molecule has 0 aromatic rings. The number of esters is 4. The predicted octanol–water partition coefficient (Wildman–Crippen LogP) is 21.4. The first-order valence-electron chi connectivity index (χ1n) is 37.8. The third-order valence-corrected chi connectivity index (χ3v) is 17.7. The van der Waals surface area contributed by atoms with Gasteiger partial charge in [-0.3, -0.25) is 37.3 Å². The smallest absolute Gasteiger partial charge is 0.462 e. The fourth-order valence-corrected chi connectivity index (χ4v) is 11.6. The van der Waals surface area contributed by atoms with Crippen molar-refractivity contribution in [3.8, 4) is 0 Å². The summed E-state index contributed by atoms with van der Waals surface area (Å²) in [7, 11) is -9.94. The minimum absolute atomic E-state index is 0.0733. The van der Waals surface area contributed by atoms with Crippen LogP contribution in [0.5, 0.6) is 0 Å². The topological polar surface area (TPSA) is 237 Å². The van der Waals surface area contributed by atoms with E-state index in [-0.39, 0.29) is 25.7 Å². The number of phosphoric ester groups is 2.